The maximum Gasteiger partial charge on any atom is 0.265 e. The van der Waals surface area contributed by atoms with Gasteiger partial charge in [0.1, 0.15) is 0 Å². The smallest absolute Gasteiger partial charge is 0.265 e. The number of hydrogen-bond acceptors (Lipinski definition) is 2. The van der Waals surface area contributed by atoms with Gasteiger partial charge in [-0.3, -0.25) is 9.59 Å². The van der Waals surface area contributed by atoms with Gasteiger partial charge < -0.3 is 0 Å². The molecular weight excluding hydrogens is 378 g/mol. The van der Waals surface area contributed by atoms with Gasteiger partial charge in [0.05, 0.1) is 5.69 Å². The number of hydrogen-bond donors (Lipinski definition) is 0. The van der Waals surface area contributed by atoms with E-state index < -0.39 is 0 Å². The summed E-state index contributed by atoms with van der Waals surface area (Å²) in [6.45, 7) is 0. The van der Waals surface area contributed by atoms with E-state index in [1.807, 2.05) is 18.2 Å². The fourth-order valence-electron chi connectivity index (χ4n) is 2.89. The molecule has 5 heteroatoms. The van der Waals surface area contributed by atoms with E-state index >= 15 is 0 Å². The maximum absolute atomic E-state index is 12.9. The van der Waals surface area contributed by atoms with Crippen molar-refractivity contribution in [2.45, 2.75) is 0 Å². The quantitative estimate of drug-likeness (QED) is 0.548. The van der Waals surface area contributed by atoms with E-state index in [1.165, 1.54) is 4.90 Å². The monoisotopic (exact) mass is 385 g/mol. The number of amides is 2. The second-order valence-corrected chi connectivity index (χ2v) is 6.54. The fraction of sp³-hybridized carbons (Fsp3) is 0. The molecule has 0 spiro atoms. The highest BCUT2D eigenvalue weighted by Gasteiger charge is 2.34. The van der Waals surface area contributed by atoms with Crippen molar-refractivity contribution in [3.63, 3.8) is 0 Å². The molecule has 2 amide bonds. The van der Waals surface area contributed by atoms with Gasteiger partial charge in [0.25, 0.3) is 11.8 Å². The SMILES string of the molecule is O=C1c2cccc3c(Br)ccc(c23)C(=O)N1c1ccc(Cl)cc1. The van der Waals surface area contributed by atoms with Gasteiger partial charge in [-0.2, -0.15) is 0 Å². The topological polar surface area (TPSA) is 37.4 Å². The molecule has 3 nitrogen and oxygen atoms in total. The molecule has 23 heavy (non-hydrogen) atoms. The van der Waals surface area contributed by atoms with Crippen LogP contribution in [-0.4, -0.2) is 11.8 Å². The predicted octanol–water partition coefficient (Wildman–Crippen LogP) is 5.06. The van der Waals surface area contributed by atoms with Crippen molar-refractivity contribution < 1.29 is 9.59 Å². The predicted molar refractivity (Wildman–Crippen MR) is 94.2 cm³/mol. The van der Waals surface area contributed by atoms with E-state index in [-0.39, 0.29) is 11.8 Å². The normalized spacial score (nSPS) is 13.7. The number of benzene rings is 3. The molecule has 3 aromatic rings. The Morgan fingerprint density at radius 3 is 2.17 bits per heavy atom. The zero-order valence-corrected chi connectivity index (χ0v) is 14.1. The molecule has 0 aromatic heterocycles. The zero-order valence-electron chi connectivity index (χ0n) is 11.7. The number of carbonyl (C=O) groups is 2. The molecule has 0 N–H and O–H groups in total. The van der Waals surface area contributed by atoms with Crippen LogP contribution in [0.1, 0.15) is 20.7 Å². The largest absolute Gasteiger partial charge is 0.268 e. The van der Waals surface area contributed by atoms with Crippen molar-refractivity contribution >= 4 is 55.8 Å². The van der Waals surface area contributed by atoms with Gasteiger partial charge in [0.2, 0.25) is 0 Å². The lowest BCUT2D eigenvalue weighted by molar-refractivity contribution is 0.0893. The number of halogens is 2. The molecule has 112 valence electrons. The number of carbonyl (C=O) groups excluding carboxylic acids is 2. The van der Waals surface area contributed by atoms with Crippen LogP contribution in [-0.2, 0) is 0 Å². The van der Waals surface area contributed by atoms with Crippen LogP contribution in [0.4, 0.5) is 5.69 Å². The van der Waals surface area contributed by atoms with Crippen LogP contribution >= 0.6 is 27.5 Å². The zero-order chi connectivity index (χ0) is 16.1. The lowest BCUT2D eigenvalue weighted by Gasteiger charge is -2.27. The second kappa shape index (κ2) is 5.18. The van der Waals surface area contributed by atoms with Gasteiger partial charge in [-0.05, 0) is 47.9 Å². The van der Waals surface area contributed by atoms with E-state index in [4.69, 9.17) is 11.6 Å². The molecule has 0 saturated carbocycles. The van der Waals surface area contributed by atoms with E-state index in [9.17, 15) is 9.59 Å². The molecule has 0 bridgehead atoms. The van der Waals surface area contributed by atoms with Gasteiger partial charge in [-0.15, -0.1) is 0 Å². The molecule has 0 saturated heterocycles. The maximum atomic E-state index is 12.9. The van der Waals surface area contributed by atoms with Crippen LogP contribution in [0.15, 0.2) is 59.1 Å². The van der Waals surface area contributed by atoms with Crippen LogP contribution in [0.3, 0.4) is 0 Å². The van der Waals surface area contributed by atoms with Crippen LogP contribution in [0.5, 0.6) is 0 Å². The molecule has 1 aliphatic rings. The molecule has 0 unspecified atom stereocenters. The highest BCUT2D eigenvalue weighted by atomic mass is 79.9. The van der Waals surface area contributed by atoms with Crippen molar-refractivity contribution in [3.8, 4) is 0 Å². The molecule has 0 fully saturated rings. The highest BCUT2D eigenvalue weighted by Crippen LogP contribution is 2.36. The third-order valence-electron chi connectivity index (χ3n) is 3.94. The Bertz CT molecular complexity index is 960. The first-order chi connectivity index (χ1) is 11.1. The summed E-state index contributed by atoms with van der Waals surface area (Å²) in [4.78, 5) is 26.9. The van der Waals surface area contributed by atoms with Crippen molar-refractivity contribution in [1.82, 2.24) is 0 Å². The van der Waals surface area contributed by atoms with Crippen molar-refractivity contribution in [2.75, 3.05) is 4.90 Å². The van der Waals surface area contributed by atoms with Crippen molar-refractivity contribution in [1.29, 1.82) is 0 Å². The molecular formula is C18H9BrClNO2. The Hall–Kier alpha value is -2.17. The van der Waals surface area contributed by atoms with Gasteiger partial charge in [-0.25, -0.2) is 4.90 Å². The summed E-state index contributed by atoms with van der Waals surface area (Å²) in [5, 5.41) is 2.11. The third kappa shape index (κ3) is 2.10. The van der Waals surface area contributed by atoms with Gasteiger partial charge in [0, 0.05) is 26.0 Å². The first-order valence-electron chi connectivity index (χ1n) is 6.93. The average Bonchev–Trinajstić information content (AvgIpc) is 2.56. The summed E-state index contributed by atoms with van der Waals surface area (Å²) in [5.41, 5.74) is 1.55. The third-order valence-corrected chi connectivity index (χ3v) is 4.88. The Balaban J connectivity index is 1.99. The minimum absolute atomic E-state index is 0.325. The van der Waals surface area contributed by atoms with E-state index in [1.54, 1.807) is 36.4 Å². The number of imide groups is 1. The van der Waals surface area contributed by atoms with Crippen LogP contribution in [0.25, 0.3) is 10.8 Å². The molecule has 1 heterocycles. The lowest BCUT2D eigenvalue weighted by atomic mass is 9.94. The summed E-state index contributed by atoms with van der Waals surface area (Å²) in [5.74, 6) is -0.651. The lowest BCUT2D eigenvalue weighted by Crippen LogP contribution is -2.40. The summed E-state index contributed by atoms with van der Waals surface area (Å²) >= 11 is 9.37. The van der Waals surface area contributed by atoms with E-state index in [0.717, 1.165) is 9.86 Å². The van der Waals surface area contributed by atoms with Gasteiger partial charge in [0.15, 0.2) is 0 Å². The van der Waals surface area contributed by atoms with E-state index in [0.29, 0.717) is 27.2 Å². The Kier molecular flexibility index (Phi) is 3.25. The summed E-state index contributed by atoms with van der Waals surface area (Å²) < 4.78 is 0.860. The van der Waals surface area contributed by atoms with Crippen LogP contribution in [0.2, 0.25) is 5.02 Å². The summed E-state index contributed by atoms with van der Waals surface area (Å²) in [7, 11) is 0. The highest BCUT2D eigenvalue weighted by molar-refractivity contribution is 9.10. The summed E-state index contributed by atoms with van der Waals surface area (Å²) in [6, 6.07) is 15.7. The minimum atomic E-state index is -0.325. The molecule has 4 rings (SSSR count). The Labute approximate surface area is 145 Å². The van der Waals surface area contributed by atoms with Crippen LogP contribution in [0, 0.1) is 0 Å². The molecule has 3 aromatic carbocycles. The van der Waals surface area contributed by atoms with Crippen molar-refractivity contribution in [2.24, 2.45) is 0 Å². The minimum Gasteiger partial charge on any atom is -0.268 e. The number of nitrogens with zero attached hydrogens (tertiary/aromatic N) is 1. The average molecular weight is 387 g/mol. The Morgan fingerprint density at radius 2 is 1.48 bits per heavy atom. The van der Waals surface area contributed by atoms with Crippen molar-refractivity contribution in [3.05, 3.63) is 75.2 Å². The molecule has 1 aliphatic heterocycles. The first-order valence-corrected chi connectivity index (χ1v) is 8.10. The van der Waals surface area contributed by atoms with Gasteiger partial charge >= 0.3 is 0 Å². The molecule has 0 aliphatic carbocycles. The molecule has 0 atom stereocenters. The Morgan fingerprint density at radius 1 is 0.826 bits per heavy atom. The van der Waals surface area contributed by atoms with Crippen LogP contribution < -0.4 is 4.90 Å². The summed E-state index contributed by atoms with van der Waals surface area (Å²) in [6.07, 6.45) is 0. The standard InChI is InChI=1S/C18H9BrClNO2/c19-15-9-8-14-16-12(15)2-1-3-13(16)17(22)21(18(14)23)11-6-4-10(20)5-7-11/h1-9H. The fourth-order valence-corrected chi connectivity index (χ4v) is 3.47. The van der Waals surface area contributed by atoms with Gasteiger partial charge in [-0.1, -0.05) is 39.7 Å². The second-order valence-electron chi connectivity index (χ2n) is 5.25. The number of anilines is 1. The number of rotatable bonds is 1. The first kappa shape index (κ1) is 14.4. The molecule has 0 radical (unpaired) electrons. The van der Waals surface area contributed by atoms with E-state index in [2.05, 4.69) is 15.9 Å².